The fourth-order valence-corrected chi connectivity index (χ4v) is 3.91. The van der Waals surface area contributed by atoms with E-state index < -0.39 is 0 Å². The Labute approximate surface area is 102 Å². The van der Waals surface area contributed by atoms with Crippen molar-refractivity contribution in [2.75, 3.05) is 11.5 Å². The topological polar surface area (TPSA) is 52.0 Å². The van der Waals surface area contributed by atoms with E-state index in [1.165, 1.54) is 19.6 Å². The second-order valence-electron chi connectivity index (χ2n) is 3.62. The SMILES string of the molecule is Nc1ccc2c(c1)Sc1cc(N)ccc1S2. The Balaban J connectivity index is 2.10. The molecule has 16 heavy (non-hydrogen) atoms. The average molecular weight is 246 g/mol. The van der Waals surface area contributed by atoms with E-state index >= 15 is 0 Å². The molecule has 0 unspecified atom stereocenters. The summed E-state index contributed by atoms with van der Waals surface area (Å²) in [6, 6.07) is 12.0. The summed E-state index contributed by atoms with van der Waals surface area (Å²) in [6.07, 6.45) is 0. The Morgan fingerprint density at radius 3 is 1.56 bits per heavy atom. The Morgan fingerprint density at radius 1 is 0.625 bits per heavy atom. The van der Waals surface area contributed by atoms with Crippen LogP contribution in [-0.4, -0.2) is 0 Å². The third-order valence-corrected chi connectivity index (χ3v) is 4.90. The van der Waals surface area contributed by atoms with E-state index in [2.05, 4.69) is 12.1 Å². The lowest BCUT2D eigenvalue weighted by Gasteiger charge is -2.18. The molecule has 1 aliphatic heterocycles. The molecule has 0 bridgehead atoms. The van der Waals surface area contributed by atoms with Crippen molar-refractivity contribution in [2.24, 2.45) is 0 Å². The average Bonchev–Trinajstić information content (AvgIpc) is 2.26. The Morgan fingerprint density at radius 2 is 1.06 bits per heavy atom. The van der Waals surface area contributed by atoms with E-state index in [1.807, 2.05) is 24.3 Å². The lowest BCUT2D eigenvalue weighted by atomic mass is 10.3. The van der Waals surface area contributed by atoms with Crippen LogP contribution in [0, 0.1) is 0 Å². The van der Waals surface area contributed by atoms with Crippen LogP contribution in [0.1, 0.15) is 0 Å². The molecule has 0 aromatic heterocycles. The Hall–Kier alpha value is -1.26. The van der Waals surface area contributed by atoms with Crippen molar-refractivity contribution in [3.8, 4) is 0 Å². The summed E-state index contributed by atoms with van der Waals surface area (Å²) < 4.78 is 0. The number of anilines is 2. The molecular weight excluding hydrogens is 236 g/mol. The minimum Gasteiger partial charge on any atom is -0.399 e. The van der Waals surface area contributed by atoms with Crippen LogP contribution in [0.4, 0.5) is 11.4 Å². The standard InChI is InChI=1S/C12H10N2S2/c13-7-1-3-9-11(5-7)16-12-6-8(14)2-4-10(12)15-9/h1-6H,13-14H2. The molecule has 2 aromatic rings. The molecule has 0 fully saturated rings. The molecule has 0 atom stereocenters. The summed E-state index contributed by atoms with van der Waals surface area (Å²) in [5, 5.41) is 0. The first-order valence-corrected chi connectivity index (χ1v) is 6.50. The van der Waals surface area contributed by atoms with Gasteiger partial charge in [-0.05, 0) is 36.4 Å². The minimum atomic E-state index is 0.805. The first-order chi connectivity index (χ1) is 7.72. The molecule has 2 nitrogen and oxygen atoms in total. The van der Waals surface area contributed by atoms with Crippen LogP contribution in [-0.2, 0) is 0 Å². The molecule has 2 aromatic carbocycles. The van der Waals surface area contributed by atoms with Crippen LogP contribution in [0.15, 0.2) is 56.0 Å². The lowest BCUT2D eigenvalue weighted by Crippen LogP contribution is -1.93. The van der Waals surface area contributed by atoms with E-state index in [0.717, 1.165) is 11.4 Å². The summed E-state index contributed by atoms with van der Waals surface area (Å²) >= 11 is 3.50. The van der Waals surface area contributed by atoms with Gasteiger partial charge in [-0.15, -0.1) is 0 Å². The molecule has 1 heterocycles. The summed E-state index contributed by atoms with van der Waals surface area (Å²) in [4.78, 5) is 4.94. The quantitative estimate of drug-likeness (QED) is 0.596. The monoisotopic (exact) mass is 246 g/mol. The van der Waals surface area contributed by atoms with Crippen LogP contribution >= 0.6 is 23.5 Å². The first kappa shape index (κ1) is 9.93. The normalized spacial score (nSPS) is 13.0. The smallest absolute Gasteiger partial charge is 0.0326 e. The molecule has 0 aliphatic carbocycles. The zero-order valence-electron chi connectivity index (χ0n) is 8.44. The molecule has 0 radical (unpaired) electrons. The van der Waals surface area contributed by atoms with Gasteiger partial charge < -0.3 is 11.5 Å². The number of hydrogen-bond acceptors (Lipinski definition) is 4. The molecule has 3 rings (SSSR count). The van der Waals surface area contributed by atoms with Crippen LogP contribution in [0.2, 0.25) is 0 Å². The number of fused-ring (bicyclic) bond motifs is 2. The lowest BCUT2D eigenvalue weighted by molar-refractivity contribution is 1.16. The van der Waals surface area contributed by atoms with Gasteiger partial charge in [0.2, 0.25) is 0 Å². The summed E-state index contributed by atoms with van der Waals surface area (Å²) in [5.41, 5.74) is 13.2. The van der Waals surface area contributed by atoms with Crippen molar-refractivity contribution in [2.45, 2.75) is 19.6 Å². The molecule has 0 spiro atoms. The zero-order chi connectivity index (χ0) is 11.1. The van der Waals surface area contributed by atoms with Crippen LogP contribution < -0.4 is 11.5 Å². The molecule has 0 saturated carbocycles. The van der Waals surface area contributed by atoms with Crippen molar-refractivity contribution >= 4 is 34.9 Å². The van der Waals surface area contributed by atoms with Gasteiger partial charge in [-0.3, -0.25) is 0 Å². The third-order valence-electron chi connectivity index (χ3n) is 2.38. The van der Waals surface area contributed by atoms with Gasteiger partial charge in [-0.25, -0.2) is 0 Å². The van der Waals surface area contributed by atoms with Crippen LogP contribution in [0.5, 0.6) is 0 Å². The fraction of sp³-hybridized carbons (Fsp3) is 0. The van der Waals surface area contributed by atoms with Gasteiger partial charge in [0.1, 0.15) is 0 Å². The molecular formula is C12H10N2S2. The largest absolute Gasteiger partial charge is 0.399 e. The highest BCUT2D eigenvalue weighted by Crippen LogP contribution is 2.49. The van der Waals surface area contributed by atoms with E-state index in [0.29, 0.717) is 0 Å². The Bertz CT molecular complexity index is 517. The maximum Gasteiger partial charge on any atom is 0.0326 e. The highest BCUT2D eigenvalue weighted by Gasteiger charge is 2.16. The van der Waals surface area contributed by atoms with Crippen molar-refractivity contribution in [1.29, 1.82) is 0 Å². The van der Waals surface area contributed by atoms with Gasteiger partial charge in [0.05, 0.1) is 0 Å². The van der Waals surface area contributed by atoms with E-state index in [9.17, 15) is 0 Å². The fourth-order valence-electron chi connectivity index (χ4n) is 1.61. The van der Waals surface area contributed by atoms with E-state index in [-0.39, 0.29) is 0 Å². The molecule has 4 heteroatoms. The third kappa shape index (κ3) is 1.64. The van der Waals surface area contributed by atoms with Gasteiger partial charge in [0.15, 0.2) is 0 Å². The van der Waals surface area contributed by atoms with Gasteiger partial charge in [0.25, 0.3) is 0 Å². The van der Waals surface area contributed by atoms with Crippen molar-refractivity contribution in [1.82, 2.24) is 0 Å². The molecule has 0 amide bonds. The van der Waals surface area contributed by atoms with E-state index in [4.69, 9.17) is 11.5 Å². The van der Waals surface area contributed by atoms with Crippen molar-refractivity contribution < 1.29 is 0 Å². The van der Waals surface area contributed by atoms with Gasteiger partial charge >= 0.3 is 0 Å². The molecule has 80 valence electrons. The predicted octanol–water partition coefficient (Wildman–Crippen LogP) is 3.47. The highest BCUT2D eigenvalue weighted by molar-refractivity contribution is 8.05. The van der Waals surface area contributed by atoms with Crippen LogP contribution in [0.25, 0.3) is 0 Å². The molecule has 0 saturated heterocycles. The van der Waals surface area contributed by atoms with Crippen molar-refractivity contribution in [3.63, 3.8) is 0 Å². The van der Waals surface area contributed by atoms with Crippen LogP contribution in [0.3, 0.4) is 0 Å². The summed E-state index contributed by atoms with van der Waals surface area (Å²) in [6.45, 7) is 0. The summed E-state index contributed by atoms with van der Waals surface area (Å²) in [7, 11) is 0. The first-order valence-electron chi connectivity index (χ1n) is 4.87. The molecule has 1 aliphatic rings. The Kier molecular flexibility index (Phi) is 2.26. The maximum absolute atomic E-state index is 5.78. The zero-order valence-corrected chi connectivity index (χ0v) is 10.1. The number of nitrogen functional groups attached to an aromatic ring is 2. The number of rotatable bonds is 0. The van der Waals surface area contributed by atoms with E-state index in [1.54, 1.807) is 23.5 Å². The van der Waals surface area contributed by atoms with Gasteiger partial charge in [0, 0.05) is 31.0 Å². The van der Waals surface area contributed by atoms with Gasteiger partial charge in [-0.2, -0.15) is 0 Å². The number of nitrogens with two attached hydrogens (primary N) is 2. The van der Waals surface area contributed by atoms with Gasteiger partial charge in [-0.1, -0.05) is 23.5 Å². The second-order valence-corrected chi connectivity index (χ2v) is 5.78. The van der Waals surface area contributed by atoms with Crippen molar-refractivity contribution in [3.05, 3.63) is 36.4 Å². The number of benzene rings is 2. The number of hydrogen-bond donors (Lipinski definition) is 2. The molecule has 4 N–H and O–H groups in total. The summed E-state index contributed by atoms with van der Waals surface area (Å²) in [5.74, 6) is 0. The predicted molar refractivity (Wildman–Crippen MR) is 70.0 cm³/mol. The highest BCUT2D eigenvalue weighted by atomic mass is 32.2. The maximum atomic E-state index is 5.78. The second kappa shape index (κ2) is 3.64. The minimum absolute atomic E-state index is 0.805.